The average molecular weight is 340 g/mol. The van der Waals surface area contributed by atoms with Crippen molar-refractivity contribution < 1.29 is 0 Å². The number of benzene rings is 1. The number of aromatic amines is 1. The topological polar surface area (TPSA) is 33.6 Å². The normalized spacial score (nSPS) is 13.0. The molecule has 0 fully saturated rings. The monoisotopic (exact) mass is 339 g/mol. The van der Waals surface area contributed by atoms with Crippen LogP contribution in [-0.4, -0.2) is 14.5 Å². The Kier molecular flexibility index (Phi) is 3.09. The average Bonchev–Trinajstić information content (AvgIpc) is 2.94. The quantitative estimate of drug-likeness (QED) is 0.696. The van der Waals surface area contributed by atoms with E-state index in [1.165, 1.54) is 0 Å². The lowest BCUT2D eigenvalue weighted by Crippen LogP contribution is -2.06. The lowest BCUT2D eigenvalue weighted by atomic mass is 10.3. The van der Waals surface area contributed by atoms with E-state index in [2.05, 4.69) is 43.5 Å². The highest BCUT2D eigenvalue weighted by molar-refractivity contribution is 9.10. The van der Waals surface area contributed by atoms with Crippen molar-refractivity contribution in [3.8, 4) is 0 Å². The highest BCUT2D eigenvalue weighted by Crippen LogP contribution is 2.27. The zero-order valence-electron chi connectivity index (χ0n) is 9.55. The SMILES string of the molecule is CC(c1nccs1)n1c(=S)[nH]c2ccc(Br)cc21. The van der Waals surface area contributed by atoms with E-state index in [0.717, 1.165) is 25.3 Å². The van der Waals surface area contributed by atoms with Gasteiger partial charge in [-0.15, -0.1) is 11.3 Å². The molecule has 0 bridgehead atoms. The first-order valence-electron chi connectivity index (χ1n) is 5.46. The van der Waals surface area contributed by atoms with Crippen LogP contribution in [0.3, 0.4) is 0 Å². The highest BCUT2D eigenvalue weighted by atomic mass is 79.9. The second-order valence-electron chi connectivity index (χ2n) is 4.01. The molecule has 0 spiro atoms. The smallest absolute Gasteiger partial charge is 0.178 e. The number of nitrogens with zero attached hydrogens (tertiary/aromatic N) is 2. The molecule has 0 aliphatic carbocycles. The van der Waals surface area contributed by atoms with Crippen LogP contribution in [-0.2, 0) is 0 Å². The second-order valence-corrected chi connectivity index (χ2v) is 6.24. The van der Waals surface area contributed by atoms with Crippen molar-refractivity contribution in [1.29, 1.82) is 0 Å². The van der Waals surface area contributed by atoms with Crippen LogP contribution in [0.1, 0.15) is 18.0 Å². The van der Waals surface area contributed by atoms with E-state index in [9.17, 15) is 0 Å². The molecule has 3 nitrogen and oxygen atoms in total. The molecule has 18 heavy (non-hydrogen) atoms. The summed E-state index contributed by atoms with van der Waals surface area (Å²) >= 11 is 10.6. The molecule has 92 valence electrons. The van der Waals surface area contributed by atoms with Gasteiger partial charge in [-0.2, -0.15) is 0 Å². The summed E-state index contributed by atoms with van der Waals surface area (Å²) in [7, 11) is 0. The molecule has 1 unspecified atom stereocenters. The van der Waals surface area contributed by atoms with Gasteiger partial charge >= 0.3 is 0 Å². The van der Waals surface area contributed by atoms with Crippen molar-refractivity contribution in [2.24, 2.45) is 0 Å². The van der Waals surface area contributed by atoms with Gasteiger partial charge in [0.05, 0.1) is 17.1 Å². The molecule has 2 aromatic heterocycles. The summed E-state index contributed by atoms with van der Waals surface area (Å²) in [5.74, 6) is 0. The van der Waals surface area contributed by atoms with E-state index in [0.29, 0.717) is 0 Å². The summed E-state index contributed by atoms with van der Waals surface area (Å²) in [6.07, 6.45) is 1.82. The summed E-state index contributed by atoms with van der Waals surface area (Å²) in [5, 5.41) is 3.05. The predicted octanol–water partition coefficient (Wildman–Crippen LogP) is 4.53. The molecule has 1 atom stereocenters. The molecule has 0 aliphatic rings. The van der Waals surface area contributed by atoms with Crippen LogP contribution in [0.25, 0.3) is 11.0 Å². The Labute approximate surface area is 122 Å². The number of H-pyrrole nitrogens is 1. The number of halogens is 1. The van der Waals surface area contributed by atoms with Crippen LogP contribution in [0.5, 0.6) is 0 Å². The van der Waals surface area contributed by atoms with Crippen molar-refractivity contribution in [3.63, 3.8) is 0 Å². The van der Waals surface area contributed by atoms with Gasteiger partial charge in [-0.1, -0.05) is 15.9 Å². The summed E-state index contributed by atoms with van der Waals surface area (Å²) in [5.41, 5.74) is 2.14. The third-order valence-corrected chi connectivity index (χ3v) is 4.61. The lowest BCUT2D eigenvalue weighted by Gasteiger charge is -2.11. The molecule has 1 aromatic carbocycles. The van der Waals surface area contributed by atoms with Gasteiger partial charge in [0.15, 0.2) is 4.77 Å². The standard InChI is InChI=1S/C12H10BrN3S2/c1-7(11-14-4-5-18-11)16-10-6-8(13)2-3-9(10)15-12(16)17/h2-7H,1H3,(H,15,17). The Morgan fingerprint density at radius 2 is 2.33 bits per heavy atom. The maximum atomic E-state index is 5.42. The second kappa shape index (κ2) is 4.60. The van der Waals surface area contributed by atoms with Gasteiger partial charge < -0.3 is 9.55 Å². The largest absolute Gasteiger partial charge is 0.331 e. The zero-order valence-corrected chi connectivity index (χ0v) is 12.8. The number of fused-ring (bicyclic) bond motifs is 1. The number of hydrogen-bond donors (Lipinski definition) is 1. The fourth-order valence-corrected chi connectivity index (χ4v) is 3.43. The first-order chi connectivity index (χ1) is 8.66. The third kappa shape index (κ3) is 1.94. The van der Waals surface area contributed by atoms with Gasteiger partial charge in [-0.3, -0.25) is 0 Å². The summed E-state index contributed by atoms with van der Waals surface area (Å²) < 4.78 is 3.88. The maximum absolute atomic E-state index is 5.42. The first-order valence-corrected chi connectivity index (χ1v) is 7.54. The van der Waals surface area contributed by atoms with Gasteiger partial charge in [0.25, 0.3) is 0 Å². The number of nitrogens with one attached hydrogen (secondary N) is 1. The predicted molar refractivity (Wildman–Crippen MR) is 80.7 cm³/mol. The molecule has 0 radical (unpaired) electrons. The van der Waals surface area contributed by atoms with Crippen LogP contribution in [0, 0.1) is 4.77 Å². The Morgan fingerprint density at radius 3 is 3.06 bits per heavy atom. The Bertz CT molecular complexity index is 742. The summed E-state index contributed by atoms with van der Waals surface area (Å²) in [4.78, 5) is 7.60. The number of hydrogen-bond acceptors (Lipinski definition) is 3. The van der Waals surface area contributed by atoms with Crippen molar-refractivity contribution in [1.82, 2.24) is 14.5 Å². The molecule has 2 heterocycles. The molecule has 3 aromatic rings. The van der Waals surface area contributed by atoms with Crippen molar-refractivity contribution >= 4 is 50.5 Å². The van der Waals surface area contributed by atoms with Crippen LogP contribution in [0.4, 0.5) is 0 Å². The van der Waals surface area contributed by atoms with E-state index in [1.807, 2.05) is 23.7 Å². The van der Waals surface area contributed by atoms with Gasteiger partial charge in [0.2, 0.25) is 0 Å². The molecular weight excluding hydrogens is 330 g/mol. The molecular formula is C12H10BrN3S2. The molecule has 1 N–H and O–H groups in total. The van der Waals surface area contributed by atoms with Crippen LogP contribution >= 0.6 is 39.5 Å². The van der Waals surface area contributed by atoms with Crippen molar-refractivity contribution in [2.45, 2.75) is 13.0 Å². The molecule has 0 saturated carbocycles. The van der Waals surface area contributed by atoms with Crippen LogP contribution in [0.2, 0.25) is 0 Å². The van der Waals surface area contributed by atoms with Crippen LogP contribution < -0.4 is 0 Å². The Hall–Kier alpha value is -0.980. The van der Waals surface area contributed by atoms with E-state index >= 15 is 0 Å². The molecule has 0 saturated heterocycles. The minimum Gasteiger partial charge on any atom is -0.331 e. The molecule has 0 amide bonds. The summed E-state index contributed by atoms with van der Waals surface area (Å²) in [6.45, 7) is 2.11. The van der Waals surface area contributed by atoms with Crippen molar-refractivity contribution in [2.75, 3.05) is 0 Å². The van der Waals surface area contributed by atoms with Gasteiger partial charge in [-0.05, 0) is 37.3 Å². The third-order valence-electron chi connectivity index (χ3n) is 2.88. The Morgan fingerprint density at radius 1 is 1.50 bits per heavy atom. The first kappa shape index (κ1) is 12.1. The van der Waals surface area contributed by atoms with E-state index in [-0.39, 0.29) is 6.04 Å². The minimum absolute atomic E-state index is 0.139. The van der Waals surface area contributed by atoms with Gasteiger partial charge in [0.1, 0.15) is 5.01 Å². The maximum Gasteiger partial charge on any atom is 0.178 e. The van der Waals surface area contributed by atoms with Crippen LogP contribution in [0.15, 0.2) is 34.2 Å². The fourth-order valence-electron chi connectivity index (χ4n) is 2.03. The van der Waals surface area contributed by atoms with Crippen molar-refractivity contribution in [3.05, 3.63) is 44.0 Å². The van der Waals surface area contributed by atoms with E-state index in [4.69, 9.17) is 12.2 Å². The highest BCUT2D eigenvalue weighted by Gasteiger charge is 2.15. The number of aromatic nitrogens is 3. The molecule has 0 aliphatic heterocycles. The minimum atomic E-state index is 0.139. The van der Waals surface area contributed by atoms with Gasteiger partial charge in [-0.25, -0.2) is 4.98 Å². The summed E-state index contributed by atoms with van der Waals surface area (Å²) in [6, 6.07) is 6.25. The Balaban J connectivity index is 2.25. The lowest BCUT2D eigenvalue weighted by molar-refractivity contribution is 0.644. The zero-order chi connectivity index (χ0) is 12.7. The van der Waals surface area contributed by atoms with E-state index < -0.39 is 0 Å². The van der Waals surface area contributed by atoms with Gasteiger partial charge in [0, 0.05) is 16.0 Å². The fraction of sp³-hybridized carbons (Fsp3) is 0.167. The number of thiazole rings is 1. The molecule has 3 rings (SSSR count). The molecule has 6 heteroatoms. The number of imidazole rings is 1. The van der Waals surface area contributed by atoms with E-state index in [1.54, 1.807) is 11.3 Å². The number of rotatable bonds is 2.